The first-order valence-corrected chi connectivity index (χ1v) is 10.0. The number of nitrogens with one attached hydrogen (secondary N) is 1. The Morgan fingerprint density at radius 3 is 2.54 bits per heavy atom. The van der Waals surface area contributed by atoms with Crippen LogP contribution in [0.15, 0.2) is 64.8 Å². The molecule has 6 heteroatoms. The van der Waals surface area contributed by atoms with Crippen molar-refractivity contribution < 1.29 is 4.74 Å². The monoisotopic (exact) mass is 411 g/mol. The molecule has 144 valence electrons. The average molecular weight is 412 g/mol. The normalized spacial score (nSPS) is 19.0. The van der Waals surface area contributed by atoms with Gasteiger partial charge in [-0.15, -0.1) is 0 Å². The van der Waals surface area contributed by atoms with Crippen LogP contribution in [0.25, 0.3) is 0 Å². The number of hydrogen-bond donors (Lipinski definition) is 1. The van der Waals surface area contributed by atoms with Gasteiger partial charge in [0.05, 0.1) is 12.1 Å². The Bertz CT molecular complexity index is 995. The Kier molecular flexibility index (Phi) is 4.89. The van der Waals surface area contributed by atoms with Gasteiger partial charge < -0.3 is 15.0 Å². The Morgan fingerprint density at radius 2 is 1.89 bits per heavy atom. The maximum absolute atomic E-state index is 6.01. The van der Waals surface area contributed by atoms with Crippen LogP contribution in [0.5, 0.6) is 0 Å². The molecule has 2 aromatic rings. The summed E-state index contributed by atoms with van der Waals surface area (Å²) in [6.45, 7) is 5.65. The van der Waals surface area contributed by atoms with Crippen LogP contribution >= 0.6 is 23.8 Å². The second kappa shape index (κ2) is 7.22. The number of para-hydroxylation sites is 1. The highest BCUT2D eigenvalue weighted by atomic mass is 35.5. The first-order chi connectivity index (χ1) is 13.4. The molecule has 0 aromatic heterocycles. The van der Waals surface area contributed by atoms with Gasteiger partial charge in [0.1, 0.15) is 11.6 Å². The van der Waals surface area contributed by atoms with E-state index in [0.717, 1.165) is 17.0 Å². The fourth-order valence-electron chi connectivity index (χ4n) is 3.96. The number of rotatable bonds is 3. The molecule has 28 heavy (non-hydrogen) atoms. The number of aliphatic imine (C=N–C) groups is 1. The van der Waals surface area contributed by atoms with Crippen molar-refractivity contribution in [2.24, 2.45) is 4.99 Å². The van der Waals surface area contributed by atoms with Crippen LogP contribution in [0.2, 0.25) is 5.02 Å². The molecule has 0 unspecified atom stereocenters. The fourth-order valence-corrected chi connectivity index (χ4v) is 4.39. The zero-order valence-corrected chi connectivity index (χ0v) is 17.7. The molecular formula is C22H22ClN3OS. The van der Waals surface area contributed by atoms with Gasteiger partial charge in [-0.05, 0) is 35.9 Å². The van der Waals surface area contributed by atoms with Gasteiger partial charge in [0, 0.05) is 34.6 Å². The van der Waals surface area contributed by atoms with Gasteiger partial charge in [-0.3, -0.25) is 0 Å². The van der Waals surface area contributed by atoms with E-state index >= 15 is 0 Å². The maximum atomic E-state index is 6.01. The third kappa shape index (κ3) is 3.19. The number of nitrogens with zero attached hydrogens (tertiary/aromatic N) is 2. The van der Waals surface area contributed by atoms with Gasteiger partial charge in [-0.1, -0.05) is 55.9 Å². The number of benzene rings is 2. The van der Waals surface area contributed by atoms with Gasteiger partial charge in [0.25, 0.3) is 0 Å². The van der Waals surface area contributed by atoms with Crippen molar-refractivity contribution in [1.82, 2.24) is 0 Å². The first kappa shape index (κ1) is 19.0. The maximum Gasteiger partial charge on any atom is 0.221 e. The summed E-state index contributed by atoms with van der Waals surface area (Å²) in [6.07, 6.45) is 0. The fraction of sp³-hybridized carbons (Fsp3) is 0.273. The van der Waals surface area contributed by atoms with E-state index in [-0.39, 0.29) is 5.41 Å². The summed E-state index contributed by atoms with van der Waals surface area (Å²) in [6, 6.07) is 15.9. The van der Waals surface area contributed by atoms with Crippen molar-refractivity contribution in [3.05, 3.63) is 70.4 Å². The quantitative estimate of drug-likeness (QED) is 0.557. The zero-order chi connectivity index (χ0) is 19.9. The van der Waals surface area contributed by atoms with Crippen LogP contribution < -0.4 is 10.2 Å². The lowest BCUT2D eigenvalue weighted by Crippen LogP contribution is -2.32. The minimum absolute atomic E-state index is 0.235. The van der Waals surface area contributed by atoms with Crippen molar-refractivity contribution in [3.8, 4) is 0 Å². The van der Waals surface area contributed by atoms with Crippen LogP contribution in [0.4, 0.5) is 11.4 Å². The van der Waals surface area contributed by atoms with Crippen molar-refractivity contribution in [1.29, 1.82) is 0 Å². The van der Waals surface area contributed by atoms with Crippen LogP contribution in [0.3, 0.4) is 0 Å². The lowest BCUT2D eigenvalue weighted by molar-refractivity contribution is 0.348. The number of fused-ring (bicyclic) bond motifs is 1. The Labute approximate surface area is 175 Å². The lowest BCUT2D eigenvalue weighted by atomic mass is 9.82. The molecule has 2 aliphatic rings. The molecule has 0 amide bonds. The van der Waals surface area contributed by atoms with Gasteiger partial charge in [-0.2, -0.15) is 0 Å². The molecule has 1 N–H and O–H groups in total. The van der Waals surface area contributed by atoms with Gasteiger partial charge >= 0.3 is 0 Å². The summed E-state index contributed by atoms with van der Waals surface area (Å²) in [5.41, 5.74) is 5.00. The molecule has 0 saturated heterocycles. The molecule has 0 spiro atoms. The summed E-state index contributed by atoms with van der Waals surface area (Å²) >= 11 is 11.9. The molecule has 4 rings (SSSR count). The largest absolute Gasteiger partial charge is 0.475 e. The second-order valence-corrected chi connectivity index (χ2v) is 8.27. The minimum Gasteiger partial charge on any atom is -0.475 e. The second-order valence-electron chi connectivity index (χ2n) is 7.42. The van der Waals surface area contributed by atoms with Crippen LogP contribution in [-0.4, -0.2) is 31.1 Å². The van der Waals surface area contributed by atoms with E-state index in [4.69, 9.17) is 28.6 Å². The Balaban J connectivity index is 1.82. The van der Waals surface area contributed by atoms with Crippen molar-refractivity contribution >= 4 is 46.1 Å². The topological polar surface area (TPSA) is 36.9 Å². The van der Waals surface area contributed by atoms with E-state index in [1.54, 1.807) is 0 Å². The third-order valence-corrected chi connectivity index (χ3v) is 5.79. The summed E-state index contributed by atoms with van der Waals surface area (Å²) in [7, 11) is 2.07. The molecule has 0 aliphatic carbocycles. The van der Waals surface area contributed by atoms with E-state index in [9.17, 15) is 0 Å². The standard InChI is InChI=1S/C22H22ClN3OS/c1-22(2)16-6-4-5-7-17(16)26(3)19(22)18(20-24-12-13-27-20)21(28)25-15-10-8-14(23)9-11-15/h4-11H,12-13H2,1-3H3,(H,25,28)/b19-18-. The molecule has 0 fully saturated rings. The van der Waals surface area contributed by atoms with Crippen molar-refractivity contribution in [2.45, 2.75) is 19.3 Å². The molecule has 2 aliphatic heterocycles. The van der Waals surface area contributed by atoms with Crippen LogP contribution in [0.1, 0.15) is 19.4 Å². The smallest absolute Gasteiger partial charge is 0.221 e. The van der Waals surface area contributed by atoms with Gasteiger partial charge in [0.15, 0.2) is 0 Å². The number of halogens is 1. The van der Waals surface area contributed by atoms with E-state index in [2.05, 4.69) is 60.4 Å². The van der Waals surface area contributed by atoms with E-state index in [1.165, 1.54) is 11.3 Å². The summed E-state index contributed by atoms with van der Waals surface area (Å²) < 4.78 is 5.86. The van der Waals surface area contributed by atoms with E-state index in [0.29, 0.717) is 29.1 Å². The summed E-state index contributed by atoms with van der Waals surface area (Å²) in [5, 5.41) is 4.02. The molecular weight excluding hydrogens is 390 g/mol. The average Bonchev–Trinajstić information content (AvgIpc) is 3.26. The summed E-state index contributed by atoms with van der Waals surface area (Å²) in [4.78, 5) is 7.37. The van der Waals surface area contributed by atoms with E-state index < -0.39 is 0 Å². The van der Waals surface area contributed by atoms with Crippen LogP contribution in [0, 0.1) is 0 Å². The van der Waals surface area contributed by atoms with Gasteiger partial charge in [0.2, 0.25) is 5.90 Å². The number of hydrogen-bond acceptors (Lipinski definition) is 4. The van der Waals surface area contributed by atoms with E-state index in [1.807, 2.05) is 24.3 Å². The van der Waals surface area contributed by atoms with Crippen LogP contribution in [-0.2, 0) is 10.2 Å². The summed E-state index contributed by atoms with van der Waals surface area (Å²) in [5.74, 6) is 0.606. The molecule has 0 radical (unpaired) electrons. The zero-order valence-electron chi connectivity index (χ0n) is 16.1. The molecule has 4 nitrogen and oxygen atoms in total. The highest BCUT2D eigenvalue weighted by Gasteiger charge is 2.42. The minimum atomic E-state index is -0.235. The number of anilines is 2. The van der Waals surface area contributed by atoms with Gasteiger partial charge in [-0.25, -0.2) is 4.99 Å². The molecule has 2 aromatic carbocycles. The van der Waals surface area contributed by atoms with Crippen molar-refractivity contribution in [2.75, 3.05) is 30.4 Å². The number of allylic oxidation sites excluding steroid dienone is 1. The highest BCUT2D eigenvalue weighted by molar-refractivity contribution is 7.81. The molecule has 0 bridgehead atoms. The first-order valence-electron chi connectivity index (χ1n) is 9.22. The predicted octanol–water partition coefficient (Wildman–Crippen LogP) is 5.19. The molecule has 2 heterocycles. The number of thiocarbonyl (C=S) groups is 1. The van der Waals surface area contributed by atoms with Crippen molar-refractivity contribution in [3.63, 3.8) is 0 Å². The Hall–Kier alpha value is -2.37. The Morgan fingerprint density at radius 1 is 1.18 bits per heavy atom. The SMILES string of the molecule is CN1/C(=C(\C(=S)Nc2ccc(Cl)cc2)C2=NCCO2)C(C)(C)c2ccccc21. The molecule has 0 saturated carbocycles. The molecule has 0 atom stereocenters. The lowest BCUT2D eigenvalue weighted by Gasteiger charge is -2.28. The highest BCUT2D eigenvalue weighted by Crippen LogP contribution is 2.48. The number of ether oxygens (including phenoxy) is 1. The third-order valence-electron chi connectivity index (χ3n) is 5.23. The predicted molar refractivity (Wildman–Crippen MR) is 121 cm³/mol. The number of likely N-dealkylation sites (N-methyl/N-ethyl adjacent to an activating group) is 1.